The Hall–Kier alpha value is -2.73. The number of aryl methyl sites for hydroxylation is 1. The number of benzene rings is 2. The number of nitrogens with zero attached hydrogens (tertiary/aromatic N) is 2. The number of anilines is 1. The van der Waals surface area contributed by atoms with Crippen LogP contribution in [0.2, 0.25) is 0 Å². The Morgan fingerprint density at radius 1 is 1.06 bits per heavy atom. The highest BCUT2D eigenvalue weighted by Crippen LogP contribution is 2.45. The van der Waals surface area contributed by atoms with Crippen LogP contribution in [0, 0.1) is 6.92 Å². The number of rotatable bonds is 5. The van der Waals surface area contributed by atoms with Crippen LogP contribution < -0.4 is 10.1 Å². The molecule has 1 aliphatic carbocycles. The van der Waals surface area contributed by atoms with Crippen molar-refractivity contribution < 1.29 is 9.53 Å². The maximum Gasteiger partial charge on any atom is 0.235 e. The van der Waals surface area contributed by atoms with Crippen molar-refractivity contribution in [1.29, 1.82) is 0 Å². The quantitative estimate of drug-likeness (QED) is 0.517. The molecule has 1 atom stereocenters. The van der Waals surface area contributed by atoms with Gasteiger partial charge in [0.2, 0.25) is 5.91 Å². The third-order valence-corrected chi connectivity index (χ3v) is 7.65. The van der Waals surface area contributed by atoms with Gasteiger partial charge in [-0.25, -0.2) is 4.68 Å². The number of hydrogen-bond donors (Lipinski definition) is 1. The van der Waals surface area contributed by atoms with Gasteiger partial charge in [0.1, 0.15) is 18.2 Å². The number of carbonyl (C=O) groups excluding carboxylic acids is 1. The summed E-state index contributed by atoms with van der Waals surface area (Å²) < 4.78 is 8.07. The van der Waals surface area contributed by atoms with Crippen LogP contribution in [-0.2, 0) is 11.4 Å². The fourth-order valence-electron chi connectivity index (χ4n) is 4.74. The highest BCUT2D eigenvalue weighted by atomic mass is 32.2. The molecule has 2 heterocycles. The molecule has 166 valence electrons. The van der Waals surface area contributed by atoms with Gasteiger partial charge < -0.3 is 10.1 Å². The van der Waals surface area contributed by atoms with Gasteiger partial charge in [-0.2, -0.15) is 5.10 Å². The van der Waals surface area contributed by atoms with Crippen LogP contribution in [0.25, 0.3) is 0 Å². The Bertz CT molecular complexity index is 1070. The summed E-state index contributed by atoms with van der Waals surface area (Å²) in [6.45, 7) is 2.62. The van der Waals surface area contributed by atoms with Gasteiger partial charge in [-0.05, 0) is 43.0 Å². The van der Waals surface area contributed by atoms with E-state index in [1.807, 2.05) is 30.3 Å². The number of amides is 1. The molecular weight excluding hydrogens is 418 g/mol. The molecule has 32 heavy (non-hydrogen) atoms. The molecule has 2 aromatic carbocycles. The number of fused-ring (bicyclic) bond motifs is 1. The van der Waals surface area contributed by atoms with E-state index in [9.17, 15) is 4.79 Å². The summed E-state index contributed by atoms with van der Waals surface area (Å²) >= 11 is 1.67. The molecule has 0 saturated heterocycles. The number of aromatic nitrogens is 2. The number of hydrogen-bond acceptors (Lipinski definition) is 4. The molecule has 5 nitrogen and oxygen atoms in total. The minimum absolute atomic E-state index is 0.0542. The molecule has 1 N–H and O–H groups in total. The largest absolute Gasteiger partial charge is 0.489 e. The van der Waals surface area contributed by atoms with Crippen molar-refractivity contribution in [2.24, 2.45) is 0 Å². The van der Waals surface area contributed by atoms with Gasteiger partial charge in [0.25, 0.3) is 0 Å². The van der Waals surface area contributed by atoms with Crippen molar-refractivity contribution in [3.63, 3.8) is 0 Å². The topological polar surface area (TPSA) is 56.2 Å². The maximum atomic E-state index is 12.5. The molecule has 0 spiro atoms. The van der Waals surface area contributed by atoms with E-state index in [4.69, 9.17) is 9.84 Å². The van der Waals surface area contributed by atoms with Crippen LogP contribution >= 0.6 is 11.8 Å². The van der Waals surface area contributed by atoms with E-state index in [1.54, 1.807) is 11.8 Å². The zero-order valence-corrected chi connectivity index (χ0v) is 19.2. The molecule has 3 aromatic rings. The fraction of sp³-hybridized carbons (Fsp3) is 0.385. The highest BCUT2D eigenvalue weighted by Gasteiger charge is 2.32. The van der Waals surface area contributed by atoms with Crippen molar-refractivity contribution in [2.45, 2.75) is 56.9 Å². The molecule has 0 radical (unpaired) electrons. The third-order valence-electron chi connectivity index (χ3n) is 6.38. The van der Waals surface area contributed by atoms with Gasteiger partial charge in [0.05, 0.1) is 22.7 Å². The number of ether oxygens (including phenoxy) is 1. The lowest BCUT2D eigenvalue weighted by Crippen LogP contribution is -2.20. The van der Waals surface area contributed by atoms with Gasteiger partial charge in [0.15, 0.2) is 0 Å². The van der Waals surface area contributed by atoms with Crippen LogP contribution in [0.3, 0.4) is 0 Å². The van der Waals surface area contributed by atoms with E-state index in [-0.39, 0.29) is 11.2 Å². The number of nitrogens with one attached hydrogen (secondary N) is 1. The summed E-state index contributed by atoms with van der Waals surface area (Å²) in [6, 6.07) is 18.9. The lowest BCUT2D eigenvalue weighted by Gasteiger charge is -2.24. The van der Waals surface area contributed by atoms with Crippen LogP contribution in [0.15, 0.2) is 54.6 Å². The van der Waals surface area contributed by atoms with E-state index < -0.39 is 0 Å². The Balaban J connectivity index is 1.40. The Labute approximate surface area is 193 Å². The van der Waals surface area contributed by atoms with Crippen LogP contribution in [0.4, 0.5) is 5.82 Å². The number of carbonyl (C=O) groups is 1. The van der Waals surface area contributed by atoms with Crippen molar-refractivity contribution >= 4 is 23.5 Å². The molecular formula is C26H29N3O2S. The summed E-state index contributed by atoms with van der Waals surface area (Å²) in [6.07, 6.45) is 6.02. The first kappa shape index (κ1) is 21.1. The molecule has 1 aliphatic heterocycles. The van der Waals surface area contributed by atoms with Crippen molar-refractivity contribution in [1.82, 2.24) is 9.78 Å². The predicted molar refractivity (Wildman–Crippen MR) is 129 cm³/mol. The van der Waals surface area contributed by atoms with Crippen LogP contribution in [-0.4, -0.2) is 21.4 Å². The molecule has 2 aliphatic rings. The Morgan fingerprint density at radius 3 is 2.56 bits per heavy atom. The van der Waals surface area contributed by atoms with E-state index in [1.165, 1.54) is 24.8 Å². The molecule has 1 fully saturated rings. The van der Waals surface area contributed by atoms with Gasteiger partial charge in [0, 0.05) is 5.56 Å². The summed E-state index contributed by atoms with van der Waals surface area (Å²) in [4.78, 5) is 12.5. The fourth-order valence-corrected chi connectivity index (χ4v) is 5.93. The average molecular weight is 448 g/mol. The SMILES string of the molecule is Cc1nn(C2CCCCC2)c2c1[C@@H](c1ccc(OCc3ccccc3)cc1)SCC(=O)N2. The van der Waals surface area contributed by atoms with Gasteiger partial charge >= 0.3 is 0 Å². The van der Waals surface area contributed by atoms with Crippen LogP contribution in [0.5, 0.6) is 5.75 Å². The molecule has 1 amide bonds. The van der Waals surface area contributed by atoms with Gasteiger partial charge in [-0.3, -0.25) is 4.79 Å². The van der Waals surface area contributed by atoms with Gasteiger partial charge in [-0.1, -0.05) is 61.7 Å². The third kappa shape index (κ3) is 4.42. The van der Waals surface area contributed by atoms with Crippen molar-refractivity contribution in [3.05, 3.63) is 77.0 Å². The molecule has 6 heteroatoms. The summed E-state index contributed by atoms with van der Waals surface area (Å²) in [5.41, 5.74) is 4.47. The second-order valence-corrected chi connectivity index (χ2v) is 9.76. The standard InChI is InChI=1S/C26H29N3O2S/c1-18-24-25(20-12-14-22(15-13-20)31-16-19-8-4-2-5-9-19)32-17-23(30)27-26(24)29(28-18)21-10-6-3-7-11-21/h2,4-5,8-9,12-15,21,25H,3,6-7,10-11,16-17H2,1H3,(H,27,30)/t25-/m1/s1. The molecule has 0 bridgehead atoms. The number of thioether (sulfide) groups is 1. The smallest absolute Gasteiger partial charge is 0.235 e. The lowest BCUT2D eigenvalue weighted by atomic mass is 9.95. The highest BCUT2D eigenvalue weighted by molar-refractivity contribution is 8.00. The van der Waals surface area contributed by atoms with E-state index in [0.717, 1.165) is 41.2 Å². The van der Waals surface area contributed by atoms with E-state index in [0.29, 0.717) is 18.4 Å². The second kappa shape index (κ2) is 9.41. The molecule has 0 unspecified atom stereocenters. The first-order valence-corrected chi connectivity index (χ1v) is 12.5. The maximum absolute atomic E-state index is 12.5. The predicted octanol–water partition coefficient (Wildman–Crippen LogP) is 6.05. The van der Waals surface area contributed by atoms with Crippen LogP contribution in [0.1, 0.15) is 65.8 Å². The first-order chi connectivity index (χ1) is 15.7. The Morgan fingerprint density at radius 2 is 1.81 bits per heavy atom. The van der Waals surface area contributed by atoms with Gasteiger partial charge in [-0.15, -0.1) is 11.8 Å². The van der Waals surface area contributed by atoms with Crippen molar-refractivity contribution in [2.75, 3.05) is 11.1 Å². The first-order valence-electron chi connectivity index (χ1n) is 11.5. The monoisotopic (exact) mass is 447 g/mol. The Kier molecular flexibility index (Phi) is 6.21. The normalized spacial score (nSPS) is 19.2. The zero-order valence-electron chi connectivity index (χ0n) is 18.4. The van der Waals surface area contributed by atoms with E-state index in [2.05, 4.69) is 41.2 Å². The summed E-state index contributed by atoms with van der Waals surface area (Å²) in [5, 5.41) is 8.16. The molecule has 1 aromatic heterocycles. The average Bonchev–Trinajstić information content (AvgIpc) is 3.04. The minimum atomic E-state index is 0.0542. The molecule has 5 rings (SSSR count). The lowest BCUT2D eigenvalue weighted by molar-refractivity contribution is -0.113. The second-order valence-electron chi connectivity index (χ2n) is 8.67. The summed E-state index contributed by atoms with van der Waals surface area (Å²) in [5.74, 6) is 2.24. The van der Waals surface area contributed by atoms with Crippen molar-refractivity contribution in [3.8, 4) is 5.75 Å². The molecule has 1 saturated carbocycles. The zero-order chi connectivity index (χ0) is 21.9. The minimum Gasteiger partial charge on any atom is -0.489 e. The summed E-state index contributed by atoms with van der Waals surface area (Å²) in [7, 11) is 0. The van der Waals surface area contributed by atoms with E-state index >= 15 is 0 Å².